The fraction of sp³-hybridized carbons (Fsp3) is 0.933. The Morgan fingerprint density at radius 2 is 2.05 bits per heavy atom. The van der Waals surface area contributed by atoms with Crippen LogP contribution in [0.3, 0.4) is 0 Å². The van der Waals surface area contributed by atoms with Gasteiger partial charge in [0.2, 0.25) is 0 Å². The fourth-order valence-corrected chi connectivity index (χ4v) is 3.78. The van der Waals surface area contributed by atoms with Crippen molar-refractivity contribution in [2.24, 2.45) is 11.8 Å². The molecule has 2 heterocycles. The van der Waals surface area contributed by atoms with E-state index in [4.69, 9.17) is 4.74 Å². The Bertz CT molecular complexity index is 348. The minimum atomic E-state index is -1.80. The number of esters is 1. The quantitative estimate of drug-likeness (QED) is 0.588. The first kappa shape index (κ1) is 15.7. The van der Waals surface area contributed by atoms with Crippen LogP contribution in [0.2, 0.25) is 0 Å². The Morgan fingerprint density at radius 3 is 2.65 bits per heavy atom. The first-order chi connectivity index (χ1) is 9.37. The number of rotatable bonds is 5. The fourth-order valence-electron chi connectivity index (χ4n) is 3.78. The standard InChI is InChI=1S/C15H27NO4/c1-10(2)15(19,11(3)17)14(18)20-9-12-6-8-16-7-4-5-13(12)16/h10-13,17,19H,4-9H2,1-3H3/p+1/t11-,12-,13+,15+/m0/s1. The minimum absolute atomic E-state index is 0.370. The number of aliphatic hydroxyl groups excluding tert-OH is 1. The molecular formula is C15H28NO4+. The molecule has 1 unspecified atom stereocenters. The summed E-state index contributed by atoms with van der Waals surface area (Å²) in [6.07, 6.45) is 2.42. The molecule has 20 heavy (non-hydrogen) atoms. The van der Waals surface area contributed by atoms with Gasteiger partial charge in [-0.1, -0.05) is 13.8 Å². The number of quaternary nitrogens is 1. The van der Waals surface area contributed by atoms with Gasteiger partial charge in [-0.05, 0) is 12.8 Å². The lowest BCUT2D eigenvalue weighted by molar-refractivity contribution is -0.900. The molecule has 0 aromatic heterocycles. The lowest BCUT2D eigenvalue weighted by Gasteiger charge is -2.32. The first-order valence-electron chi connectivity index (χ1n) is 7.79. The van der Waals surface area contributed by atoms with Gasteiger partial charge in [-0.2, -0.15) is 0 Å². The molecular weight excluding hydrogens is 258 g/mol. The van der Waals surface area contributed by atoms with Crippen LogP contribution in [-0.4, -0.2) is 53.6 Å². The highest BCUT2D eigenvalue weighted by Crippen LogP contribution is 2.25. The Labute approximate surface area is 120 Å². The molecule has 2 aliphatic rings. The van der Waals surface area contributed by atoms with Crippen LogP contribution in [0.5, 0.6) is 0 Å². The summed E-state index contributed by atoms with van der Waals surface area (Å²) < 4.78 is 5.36. The number of hydrogen-bond donors (Lipinski definition) is 3. The highest BCUT2D eigenvalue weighted by molar-refractivity contribution is 5.80. The Balaban J connectivity index is 1.91. The van der Waals surface area contributed by atoms with E-state index in [0.29, 0.717) is 18.6 Å². The smallest absolute Gasteiger partial charge is 0.341 e. The van der Waals surface area contributed by atoms with Crippen LogP contribution < -0.4 is 4.90 Å². The SMILES string of the molecule is CC(C)[C@](O)(C(=O)OC[C@@H]1CC[NH+]2CCC[C@H]12)[C@H](C)O. The van der Waals surface area contributed by atoms with Crippen molar-refractivity contribution in [2.75, 3.05) is 19.7 Å². The number of hydrogen-bond acceptors (Lipinski definition) is 4. The topological polar surface area (TPSA) is 71.2 Å². The van der Waals surface area contributed by atoms with Crippen molar-refractivity contribution in [3.05, 3.63) is 0 Å². The second-order valence-corrected chi connectivity index (χ2v) is 6.71. The molecule has 116 valence electrons. The molecule has 5 atom stereocenters. The summed E-state index contributed by atoms with van der Waals surface area (Å²) in [6.45, 7) is 7.63. The molecule has 2 saturated heterocycles. The van der Waals surface area contributed by atoms with Crippen LogP contribution in [0, 0.1) is 11.8 Å². The third-order valence-electron chi connectivity index (χ3n) is 5.22. The van der Waals surface area contributed by atoms with Crippen LogP contribution >= 0.6 is 0 Å². The summed E-state index contributed by atoms with van der Waals surface area (Å²) in [6, 6.07) is 0.612. The summed E-state index contributed by atoms with van der Waals surface area (Å²) in [5, 5.41) is 20.1. The van der Waals surface area contributed by atoms with Crippen molar-refractivity contribution >= 4 is 5.97 Å². The van der Waals surface area contributed by atoms with Crippen LogP contribution in [-0.2, 0) is 9.53 Å². The molecule has 3 N–H and O–H groups in total. The number of nitrogens with one attached hydrogen (secondary N) is 1. The number of aliphatic hydroxyl groups is 2. The van der Waals surface area contributed by atoms with Gasteiger partial charge < -0.3 is 19.8 Å². The molecule has 0 aromatic rings. The van der Waals surface area contributed by atoms with Crippen LogP contribution in [0.15, 0.2) is 0 Å². The van der Waals surface area contributed by atoms with Crippen molar-refractivity contribution in [3.8, 4) is 0 Å². The van der Waals surface area contributed by atoms with Gasteiger partial charge in [0.1, 0.15) is 6.61 Å². The van der Waals surface area contributed by atoms with Crippen molar-refractivity contribution in [2.45, 2.75) is 57.8 Å². The van der Waals surface area contributed by atoms with E-state index in [1.807, 2.05) is 0 Å². The lowest BCUT2D eigenvalue weighted by atomic mass is 9.85. The van der Waals surface area contributed by atoms with E-state index in [2.05, 4.69) is 0 Å². The molecule has 0 bridgehead atoms. The van der Waals surface area contributed by atoms with Crippen LogP contribution in [0.25, 0.3) is 0 Å². The van der Waals surface area contributed by atoms with E-state index in [9.17, 15) is 15.0 Å². The minimum Gasteiger partial charge on any atom is -0.463 e. The molecule has 0 aliphatic carbocycles. The summed E-state index contributed by atoms with van der Waals surface area (Å²) in [4.78, 5) is 13.8. The van der Waals surface area contributed by atoms with Crippen molar-refractivity contribution in [1.29, 1.82) is 0 Å². The van der Waals surface area contributed by atoms with Crippen molar-refractivity contribution in [1.82, 2.24) is 0 Å². The second kappa shape index (κ2) is 6.00. The van der Waals surface area contributed by atoms with E-state index >= 15 is 0 Å². The maximum Gasteiger partial charge on any atom is 0.341 e. The van der Waals surface area contributed by atoms with Gasteiger partial charge in [0.25, 0.3) is 0 Å². The normalized spacial score (nSPS) is 33.8. The average molecular weight is 286 g/mol. The van der Waals surface area contributed by atoms with E-state index in [-0.39, 0.29) is 5.92 Å². The Hall–Kier alpha value is -0.650. The van der Waals surface area contributed by atoms with Crippen LogP contribution in [0.4, 0.5) is 0 Å². The largest absolute Gasteiger partial charge is 0.463 e. The van der Waals surface area contributed by atoms with Gasteiger partial charge in [0.15, 0.2) is 5.60 Å². The summed E-state index contributed by atoms with van der Waals surface area (Å²) in [5.74, 6) is -0.664. The summed E-state index contributed by atoms with van der Waals surface area (Å²) >= 11 is 0. The maximum absolute atomic E-state index is 12.2. The average Bonchev–Trinajstić information content (AvgIpc) is 2.97. The van der Waals surface area contributed by atoms with E-state index < -0.39 is 17.7 Å². The van der Waals surface area contributed by atoms with E-state index in [1.54, 1.807) is 18.7 Å². The van der Waals surface area contributed by atoms with Gasteiger partial charge in [0.05, 0.1) is 31.2 Å². The molecule has 0 saturated carbocycles. The number of carbonyl (C=O) groups is 1. The monoisotopic (exact) mass is 286 g/mol. The number of fused-ring (bicyclic) bond motifs is 1. The molecule has 0 spiro atoms. The maximum atomic E-state index is 12.2. The van der Waals surface area contributed by atoms with Crippen molar-refractivity contribution < 1.29 is 24.6 Å². The van der Waals surface area contributed by atoms with Crippen LogP contribution in [0.1, 0.15) is 40.0 Å². The zero-order valence-electron chi connectivity index (χ0n) is 12.8. The van der Waals surface area contributed by atoms with Gasteiger partial charge in [-0.3, -0.25) is 0 Å². The molecule has 5 heteroatoms. The zero-order chi connectivity index (χ0) is 14.9. The highest BCUT2D eigenvalue weighted by Gasteiger charge is 2.47. The van der Waals surface area contributed by atoms with Gasteiger partial charge in [-0.15, -0.1) is 0 Å². The molecule has 0 aromatic carbocycles. The molecule has 2 aliphatic heterocycles. The third kappa shape index (κ3) is 2.71. The predicted molar refractivity (Wildman–Crippen MR) is 74.3 cm³/mol. The molecule has 2 rings (SSSR count). The predicted octanol–water partition coefficient (Wildman–Crippen LogP) is -0.635. The number of carbonyl (C=O) groups excluding carboxylic acids is 1. The Morgan fingerprint density at radius 1 is 1.35 bits per heavy atom. The van der Waals surface area contributed by atoms with E-state index in [1.165, 1.54) is 26.3 Å². The zero-order valence-corrected chi connectivity index (χ0v) is 12.8. The molecule has 0 radical (unpaired) electrons. The highest BCUT2D eigenvalue weighted by atomic mass is 16.6. The van der Waals surface area contributed by atoms with Gasteiger partial charge in [-0.25, -0.2) is 4.79 Å². The first-order valence-corrected chi connectivity index (χ1v) is 7.79. The van der Waals surface area contributed by atoms with E-state index in [0.717, 1.165) is 13.0 Å². The summed E-state index contributed by atoms with van der Waals surface area (Å²) in [5.41, 5.74) is -1.80. The second-order valence-electron chi connectivity index (χ2n) is 6.71. The summed E-state index contributed by atoms with van der Waals surface area (Å²) in [7, 11) is 0. The molecule has 0 amide bonds. The van der Waals surface area contributed by atoms with Gasteiger partial charge >= 0.3 is 5.97 Å². The van der Waals surface area contributed by atoms with Gasteiger partial charge in [0, 0.05) is 19.3 Å². The Kier molecular flexibility index (Phi) is 4.72. The lowest BCUT2D eigenvalue weighted by Crippen LogP contribution is -3.11. The number of ether oxygens (including phenoxy) is 1. The third-order valence-corrected chi connectivity index (χ3v) is 5.22. The molecule has 2 fully saturated rings. The van der Waals surface area contributed by atoms with Crippen molar-refractivity contribution in [3.63, 3.8) is 0 Å². The molecule has 5 nitrogen and oxygen atoms in total.